The number of ether oxygens (including phenoxy) is 2. The molecule has 0 bridgehead atoms. The molecule has 124 valence electrons. The number of benzene rings is 2. The van der Waals surface area contributed by atoms with Crippen molar-refractivity contribution in [2.75, 3.05) is 14.2 Å². The molecule has 3 aromatic rings. The Balaban J connectivity index is 1.94. The van der Waals surface area contributed by atoms with Crippen LogP contribution in [0.3, 0.4) is 0 Å². The van der Waals surface area contributed by atoms with Crippen molar-refractivity contribution in [3.05, 3.63) is 52.1 Å². The molecule has 0 aliphatic carbocycles. The summed E-state index contributed by atoms with van der Waals surface area (Å²) in [6.45, 7) is 0. The van der Waals surface area contributed by atoms with Crippen LogP contribution in [0.1, 0.15) is 5.56 Å². The monoisotopic (exact) mass is 380 g/mol. The van der Waals surface area contributed by atoms with Crippen molar-refractivity contribution in [2.24, 2.45) is 0 Å². The highest BCUT2D eigenvalue weighted by Gasteiger charge is 2.11. The number of nitrogens with zero attached hydrogens (tertiary/aromatic N) is 2. The highest BCUT2D eigenvalue weighted by atomic mass is 35.5. The van der Waals surface area contributed by atoms with Crippen molar-refractivity contribution in [2.45, 2.75) is 10.6 Å². The van der Waals surface area contributed by atoms with E-state index in [0.717, 1.165) is 21.4 Å². The minimum atomic E-state index is 0.626. The quantitative estimate of drug-likeness (QED) is 0.565. The van der Waals surface area contributed by atoms with E-state index >= 15 is 0 Å². The van der Waals surface area contributed by atoms with E-state index in [1.165, 1.54) is 0 Å². The fraction of sp³-hybridized carbons (Fsp3) is 0.176. The zero-order valence-electron chi connectivity index (χ0n) is 13.0. The first-order chi connectivity index (χ1) is 11.6. The van der Waals surface area contributed by atoms with E-state index in [0.29, 0.717) is 27.3 Å². The maximum atomic E-state index is 6.24. The molecule has 0 aliphatic heterocycles. The zero-order valence-corrected chi connectivity index (χ0v) is 15.4. The van der Waals surface area contributed by atoms with Crippen molar-refractivity contribution >= 4 is 45.9 Å². The van der Waals surface area contributed by atoms with Crippen molar-refractivity contribution in [3.8, 4) is 11.5 Å². The summed E-state index contributed by atoms with van der Waals surface area (Å²) in [7, 11) is 3.21. The van der Waals surface area contributed by atoms with Crippen LogP contribution in [0.25, 0.3) is 10.9 Å². The summed E-state index contributed by atoms with van der Waals surface area (Å²) >= 11 is 13.8. The Bertz CT molecular complexity index is 890. The number of rotatable bonds is 5. The van der Waals surface area contributed by atoms with E-state index in [4.69, 9.17) is 32.7 Å². The largest absolute Gasteiger partial charge is 0.493 e. The molecule has 4 nitrogen and oxygen atoms in total. The molecule has 2 aromatic carbocycles. The second-order valence-corrected chi connectivity index (χ2v) is 6.82. The second-order valence-electron chi connectivity index (χ2n) is 4.96. The molecule has 24 heavy (non-hydrogen) atoms. The highest BCUT2D eigenvalue weighted by molar-refractivity contribution is 7.98. The van der Waals surface area contributed by atoms with E-state index in [9.17, 15) is 0 Å². The molecular weight excluding hydrogens is 367 g/mol. The predicted molar refractivity (Wildman–Crippen MR) is 98.7 cm³/mol. The average molecular weight is 381 g/mol. The zero-order chi connectivity index (χ0) is 17.1. The van der Waals surface area contributed by atoms with E-state index in [2.05, 4.69) is 10.2 Å². The molecule has 0 radical (unpaired) electrons. The Hall–Kier alpha value is -1.69. The van der Waals surface area contributed by atoms with Gasteiger partial charge in [0.2, 0.25) is 0 Å². The van der Waals surface area contributed by atoms with Crippen molar-refractivity contribution < 1.29 is 9.47 Å². The Kier molecular flexibility index (Phi) is 5.33. The first-order valence-corrected chi connectivity index (χ1v) is 8.80. The van der Waals surface area contributed by atoms with Crippen LogP contribution in [-0.2, 0) is 5.75 Å². The molecule has 0 unspecified atom stereocenters. The molecule has 0 fully saturated rings. The van der Waals surface area contributed by atoms with Gasteiger partial charge in [-0.3, -0.25) is 0 Å². The first kappa shape index (κ1) is 17.1. The second kappa shape index (κ2) is 7.47. The maximum absolute atomic E-state index is 6.24. The summed E-state index contributed by atoms with van der Waals surface area (Å²) in [6, 6.07) is 9.24. The Morgan fingerprint density at radius 3 is 2.50 bits per heavy atom. The fourth-order valence-electron chi connectivity index (χ4n) is 2.27. The summed E-state index contributed by atoms with van der Waals surface area (Å²) in [5, 5.41) is 10.5. The van der Waals surface area contributed by atoms with Gasteiger partial charge in [0.25, 0.3) is 0 Å². The number of fused-ring (bicyclic) bond motifs is 1. The summed E-state index contributed by atoms with van der Waals surface area (Å²) in [5.41, 5.74) is 1.76. The van der Waals surface area contributed by atoms with Gasteiger partial charge < -0.3 is 9.47 Å². The molecule has 0 atom stereocenters. The summed E-state index contributed by atoms with van der Waals surface area (Å²) in [6.07, 6.45) is 1.74. The lowest BCUT2D eigenvalue weighted by atomic mass is 10.2. The molecule has 0 aliphatic rings. The minimum absolute atomic E-state index is 0.626. The van der Waals surface area contributed by atoms with Gasteiger partial charge in [-0.15, -0.1) is 11.8 Å². The maximum Gasteiger partial charge on any atom is 0.162 e. The van der Waals surface area contributed by atoms with Crippen LogP contribution >= 0.6 is 35.0 Å². The van der Waals surface area contributed by atoms with Crippen LogP contribution in [0, 0.1) is 0 Å². The standard InChI is InChI=1S/C17H14Cl2N2O2S/c1-22-15-6-12-14(7-16(15)23-2)21-20-8-17(12)24-9-10-3-4-11(18)5-13(10)19/h3-8H,9H2,1-2H3. The van der Waals surface area contributed by atoms with Crippen LogP contribution in [0.2, 0.25) is 10.0 Å². The molecule has 0 N–H and O–H groups in total. The van der Waals surface area contributed by atoms with Gasteiger partial charge in [0.1, 0.15) is 0 Å². The van der Waals surface area contributed by atoms with Gasteiger partial charge in [-0.2, -0.15) is 10.2 Å². The van der Waals surface area contributed by atoms with Gasteiger partial charge in [0, 0.05) is 32.1 Å². The third kappa shape index (κ3) is 3.53. The SMILES string of the molecule is COc1cc2nncc(SCc3ccc(Cl)cc3Cl)c2cc1OC. The number of thioether (sulfide) groups is 1. The number of halogens is 2. The van der Waals surface area contributed by atoms with Crippen molar-refractivity contribution in [1.82, 2.24) is 10.2 Å². The molecule has 3 rings (SSSR count). The van der Waals surface area contributed by atoms with E-state index < -0.39 is 0 Å². The molecule has 0 saturated carbocycles. The predicted octanol–water partition coefficient (Wildman–Crippen LogP) is 5.25. The van der Waals surface area contributed by atoms with E-state index in [1.54, 1.807) is 38.2 Å². The van der Waals surface area contributed by atoms with Gasteiger partial charge in [0.15, 0.2) is 11.5 Å². The molecular formula is C17H14Cl2N2O2S. The summed E-state index contributed by atoms with van der Waals surface area (Å²) in [5.74, 6) is 1.98. The van der Waals surface area contributed by atoms with Crippen LogP contribution in [0.5, 0.6) is 11.5 Å². The molecule has 0 amide bonds. The van der Waals surface area contributed by atoms with Crippen LogP contribution < -0.4 is 9.47 Å². The normalized spacial score (nSPS) is 10.8. The third-order valence-electron chi connectivity index (χ3n) is 3.51. The lowest BCUT2D eigenvalue weighted by Gasteiger charge is -2.11. The first-order valence-electron chi connectivity index (χ1n) is 7.06. The van der Waals surface area contributed by atoms with Crippen LogP contribution in [-0.4, -0.2) is 24.4 Å². The molecule has 1 heterocycles. The fourth-order valence-corrected chi connectivity index (χ4v) is 3.83. The number of hydrogen-bond donors (Lipinski definition) is 0. The molecule has 0 spiro atoms. The molecule has 1 aromatic heterocycles. The van der Waals surface area contributed by atoms with Crippen LogP contribution in [0.4, 0.5) is 0 Å². The van der Waals surface area contributed by atoms with Crippen molar-refractivity contribution in [1.29, 1.82) is 0 Å². The highest BCUT2D eigenvalue weighted by Crippen LogP contribution is 2.37. The van der Waals surface area contributed by atoms with Gasteiger partial charge in [-0.25, -0.2) is 0 Å². The molecule has 0 saturated heterocycles. The number of methoxy groups -OCH3 is 2. The van der Waals surface area contributed by atoms with Gasteiger partial charge in [-0.05, 0) is 23.8 Å². The smallest absolute Gasteiger partial charge is 0.162 e. The lowest BCUT2D eigenvalue weighted by molar-refractivity contribution is 0.355. The lowest BCUT2D eigenvalue weighted by Crippen LogP contribution is -1.94. The van der Waals surface area contributed by atoms with Gasteiger partial charge in [0.05, 0.1) is 25.9 Å². The van der Waals surface area contributed by atoms with Crippen molar-refractivity contribution in [3.63, 3.8) is 0 Å². The van der Waals surface area contributed by atoms with E-state index in [1.807, 2.05) is 24.3 Å². The Morgan fingerprint density at radius 2 is 1.79 bits per heavy atom. The number of hydrogen-bond acceptors (Lipinski definition) is 5. The minimum Gasteiger partial charge on any atom is -0.493 e. The topological polar surface area (TPSA) is 44.2 Å². The van der Waals surface area contributed by atoms with Gasteiger partial charge in [-0.1, -0.05) is 29.3 Å². The summed E-state index contributed by atoms with van der Waals surface area (Å²) < 4.78 is 10.7. The Morgan fingerprint density at radius 1 is 1.04 bits per heavy atom. The average Bonchev–Trinajstić information content (AvgIpc) is 2.59. The third-order valence-corrected chi connectivity index (χ3v) is 5.18. The van der Waals surface area contributed by atoms with Gasteiger partial charge >= 0.3 is 0 Å². The number of aromatic nitrogens is 2. The Labute approximate surface area is 154 Å². The van der Waals surface area contributed by atoms with E-state index in [-0.39, 0.29) is 0 Å². The molecule has 7 heteroatoms. The summed E-state index contributed by atoms with van der Waals surface area (Å²) in [4.78, 5) is 0.993. The van der Waals surface area contributed by atoms with Crippen LogP contribution in [0.15, 0.2) is 41.4 Å².